The molecule has 8 heteroatoms. The third kappa shape index (κ3) is 4.76. The molecule has 2 aromatic carbocycles. The number of hydrogen-bond acceptors (Lipinski definition) is 6. The molecular formula is C28H28ClN5O2. The zero-order valence-electron chi connectivity index (χ0n) is 20.5. The van der Waals surface area contributed by atoms with Crippen LogP contribution in [0, 0.1) is 0 Å². The van der Waals surface area contributed by atoms with Gasteiger partial charge in [-0.3, -0.25) is 9.78 Å². The van der Waals surface area contributed by atoms with Crippen LogP contribution < -0.4 is 10.2 Å². The molecule has 3 heterocycles. The second kappa shape index (κ2) is 9.48. The number of halogens is 1. The lowest BCUT2D eigenvalue weighted by Gasteiger charge is -2.21. The number of nitrogens with zero attached hydrogens (tertiary/aromatic N) is 4. The molecule has 1 unspecified atom stereocenters. The number of aromatic nitrogens is 3. The number of amides is 1. The van der Waals surface area contributed by atoms with Gasteiger partial charge in [-0.25, -0.2) is 9.97 Å². The van der Waals surface area contributed by atoms with Crippen molar-refractivity contribution in [3.63, 3.8) is 0 Å². The summed E-state index contributed by atoms with van der Waals surface area (Å²) in [7, 11) is 0. The van der Waals surface area contributed by atoms with Gasteiger partial charge in [0.1, 0.15) is 5.60 Å². The molecule has 2 N–H and O–H groups in total. The molecule has 0 spiro atoms. The van der Waals surface area contributed by atoms with Crippen molar-refractivity contribution in [2.75, 3.05) is 16.8 Å². The van der Waals surface area contributed by atoms with Gasteiger partial charge in [-0.2, -0.15) is 0 Å². The largest absolute Gasteiger partial charge is 0.382 e. The van der Waals surface area contributed by atoms with Crippen LogP contribution in [0.5, 0.6) is 0 Å². The van der Waals surface area contributed by atoms with Gasteiger partial charge in [0.2, 0.25) is 5.91 Å². The van der Waals surface area contributed by atoms with E-state index in [1.54, 1.807) is 32.4 Å². The lowest BCUT2D eigenvalue weighted by molar-refractivity contribution is -0.117. The van der Waals surface area contributed by atoms with Gasteiger partial charge in [-0.15, -0.1) is 0 Å². The quantitative estimate of drug-likeness (QED) is 0.343. The van der Waals surface area contributed by atoms with Crippen LogP contribution in [-0.4, -0.2) is 32.5 Å². The molecule has 1 aliphatic heterocycles. The standard InChI is InChI=1S/C28H28ClN5O2/c1-17(18-6-4-7-21(12-18)34-11-5-8-25(34)35)33-26-22-13-19(9-10-24(22)30-16-23(26)29)20-14-31-27(32-15-20)28(2,3)36/h4,6-7,9-10,12-17,36H,5,8,11H2,1-3H3,(H,30,33). The van der Waals surface area contributed by atoms with Crippen molar-refractivity contribution < 1.29 is 9.90 Å². The molecule has 1 fully saturated rings. The molecule has 1 atom stereocenters. The van der Waals surface area contributed by atoms with Gasteiger partial charge < -0.3 is 15.3 Å². The summed E-state index contributed by atoms with van der Waals surface area (Å²) in [6.07, 6.45) is 6.56. The Balaban J connectivity index is 1.47. The smallest absolute Gasteiger partial charge is 0.227 e. The number of nitrogens with one attached hydrogen (secondary N) is 1. The first-order valence-electron chi connectivity index (χ1n) is 12.0. The first-order valence-corrected chi connectivity index (χ1v) is 12.4. The van der Waals surface area contributed by atoms with Crippen molar-refractivity contribution in [3.8, 4) is 11.1 Å². The minimum Gasteiger partial charge on any atom is -0.382 e. The molecule has 5 rings (SSSR count). The van der Waals surface area contributed by atoms with Crippen molar-refractivity contribution in [1.29, 1.82) is 0 Å². The van der Waals surface area contributed by atoms with E-state index < -0.39 is 5.60 Å². The van der Waals surface area contributed by atoms with Gasteiger partial charge >= 0.3 is 0 Å². The number of carbonyl (C=O) groups excluding carboxylic acids is 1. The second-order valence-corrected chi connectivity index (χ2v) is 10.1. The first-order chi connectivity index (χ1) is 17.2. The molecule has 0 bridgehead atoms. The summed E-state index contributed by atoms with van der Waals surface area (Å²) in [6.45, 7) is 6.14. The van der Waals surface area contributed by atoms with E-state index in [4.69, 9.17) is 11.6 Å². The number of pyridine rings is 1. The van der Waals surface area contributed by atoms with Gasteiger partial charge in [0.15, 0.2) is 5.82 Å². The maximum atomic E-state index is 12.2. The minimum absolute atomic E-state index is 0.0659. The zero-order chi connectivity index (χ0) is 25.4. The summed E-state index contributed by atoms with van der Waals surface area (Å²) in [5.74, 6) is 0.536. The highest BCUT2D eigenvalue weighted by Crippen LogP contribution is 2.35. The molecule has 184 valence electrons. The minimum atomic E-state index is -1.11. The van der Waals surface area contributed by atoms with Crippen molar-refractivity contribution in [2.24, 2.45) is 0 Å². The number of carbonyl (C=O) groups is 1. The van der Waals surface area contributed by atoms with Crippen LogP contribution >= 0.6 is 11.6 Å². The van der Waals surface area contributed by atoms with Crippen LogP contribution in [-0.2, 0) is 10.4 Å². The van der Waals surface area contributed by atoms with Crippen LogP contribution in [0.25, 0.3) is 22.0 Å². The van der Waals surface area contributed by atoms with E-state index in [2.05, 4.69) is 33.3 Å². The number of hydrogen-bond donors (Lipinski definition) is 2. The average molecular weight is 502 g/mol. The van der Waals surface area contributed by atoms with E-state index in [9.17, 15) is 9.90 Å². The number of rotatable bonds is 6. The van der Waals surface area contributed by atoms with E-state index in [0.717, 1.165) is 51.9 Å². The Morgan fingerprint density at radius 3 is 2.53 bits per heavy atom. The topological polar surface area (TPSA) is 91.2 Å². The Morgan fingerprint density at radius 2 is 1.83 bits per heavy atom. The normalized spacial score (nSPS) is 14.9. The molecule has 4 aromatic rings. The molecule has 1 saturated heterocycles. The molecule has 7 nitrogen and oxygen atoms in total. The van der Waals surface area contributed by atoms with Crippen molar-refractivity contribution in [1.82, 2.24) is 15.0 Å². The fraction of sp³-hybridized carbons (Fsp3) is 0.286. The molecule has 0 aliphatic carbocycles. The summed E-state index contributed by atoms with van der Waals surface area (Å²) in [6, 6.07) is 13.9. The van der Waals surface area contributed by atoms with Crippen molar-refractivity contribution in [2.45, 2.75) is 45.3 Å². The third-order valence-corrected chi connectivity index (χ3v) is 6.76. The molecule has 0 radical (unpaired) electrons. The lowest BCUT2D eigenvalue weighted by atomic mass is 10.0. The molecule has 0 saturated carbocycles. The second-order valence-electron chi connectivity index (χ2n) is 9.68. The van der Waals surface area contributed by atoms with E-state index in [-0.39, 0.29) is 11.9 Å². The fourth-order valence-electron chi connectivity index (χ4n) is 4.47. The predicted octanol–water partition coefficient (Wildman–Crippen LogP) is 5.87. The Morgan fingerprint density at radius 1 is 1.06 bits per heavy atom. The van der Waals surface area contributed by atoms with Crippen LogP contribution in [0.2, 0.25) is 5.02 Å². The predicted molar refractivity (Wildman–Crippen MR) is 143 cm³/mol. The van der Waals surface area contributed by atoms with Gasteiger partial charge in [0, 0.05) is 54.2 Å². The van der Waals surface area contributed by atoms with E-state index in [0.29, 0.717) is 17.3 Å². The summed E-state index contributed by atoms with van der Waals surface area (Å²) in [5, 5.41) is 15.1. The summed E-state index contributed by atoms with van der Waals surface area (Å²) in [5.41, 5.74) is 4.21. The SMILES string of the molecule is CC(Nc1c(Cl)cnc2ccc(-c3cnc(C(C)(C)O)nc3)cc12)c1cccc(N2CCCC2=O)c1. The molecule has 2 aromatic heterocycles. The summed E-state index contributed by atoms with van der Waals surface area (Å²) < 4.78 is 0. The number of benzene rings is 2. The molecule has 1 amide bonds. The number of anilines is 2. The molecule has 36 heavy (non-hydrogen) atoms. The third-order valence-electron chi connectivity index (χ3n) is 6.47. The Bertz CT molecular complexity index is 1430. The van der Waals surface area contributed by atoms with Crippen molar-refractivity contribution >= 4 is 39.8 Å². The van der Waals surface area contributed by atoms with E-state index in [1.807, 2.05) is 41.3 Å². The maximum absolute atomic E-state index is 12.2. The average Bonchev–Trinajstić information content (AvgIpc) is 3.31. The Labute approximate surface area is 215 Å². The van der Waals surface area contributed by atoms with E-state index in [1.165, 1.54) is 0 Å². The van der Waals surface area contributed by atoms with Crippen LogP contribution in [0.15, 0.2) is 61.1 Å². The van der Waals surface area contributed by atoms with Crippen LogP contribution in [0.1, 0.15) is 51.0 Å². The Kier molecular flexibility index (Phi) is 6.36. The molecular weight excluding hydrogens is 474 g/mol. The monoisotopic (exact) mass is 501 g/mol. The Hall–Kier alpha value is -3.55. The summed E-state index contributed by atoms with van der Waals surface area (Å²) in [4.78, 5) is 27.2. The van der Waals surface area contributed by atoms with E-state index >= 15 is 0 Å². The highest BCUT2D eigenvalue weighted by Gasteiger charge is 2.23. The number of aliphatic hydroxyl groups is 1. The zero-order valence-corrected chi connectivity index (χ0v) is 21.3. The highest BCUT2D eigenvalue weighted by molar-refractivity contribution is 6.34. The lowest BCUT2D eigenvalue weighted by Crippen LogP contribution is -2.23. The first kappa shape index (κ1) is 24.2. The number of fused-ring (bicyclic) bond motifs is 1. The van der Waals surface area contributed by atoms with Gasteiger partial charge in [-0.05, 0) is 62.6 Å². The highest BCUT2D eigenvalue weighted by atomic mass is 35.5. The molecule has 1 aliphatic rings. The fourth-order valence-corrected chi connectivity index (χ4v) is 4.68. The van der Waals surface area contributed by atoms with Gasteiger partial charge in [-0.1, -0.05) is 29.8 Å². The van der Waals surface area contributed by atoms with Crippen LogP contribution in [0.3, 0.4) is 0 Å². The van der Waals surface area contributed by atoms with Gasteiger partial charge in [0.25, 0.3) is 0 Å². The van der Waals surface area contributed by atoms with Crippen LogP contribution in [0.4, 0.5) is 11.4 Å². The maximum Gasteiger partial charge on any atom is 0.227 e. The van der Waals surface area contributed by atoms with Gasteiger partial charge in [0.05, 0.1) is 16.2 Å². The summed E-state index contributed by atoms with van der Waals surface area (Å²) >= 11 is 6.63. The van der Waals surface area contributed by atoms with Crippen molar-refractivity contribution in [3.05, 3.63) is 77.5 Å².